The third-order valence-corrected chi connectivity index (χ3v) is 6.91. The van der Waals surface area contributed by atoms with Crippen LogP contribution in [-0.2, 0) is 14.8 Å². The Hall–Kier alpha value is -2.38. The molecule has 3 rings (SSSR count). The predicted octanol–water partition coefficient (Wildman–Crippen LogP) is 3.94. The average Bonchev–Trinajstić information content (AvgIpc) is 3.01. The van der Waals surface area contributed by atoms with Crippen LogP contribution in [0.25, 0.3) is 0 Å². The maximum Gasteiger partial charge on any atom is 0.258 e. The third kappa shape index (κ3) is 6.57. The number of amides is 1. The summed E-state index contributed by atoms with van der Waals surface area (Å²) in [4.78, 5) is 12.3. The molecule has 1 aliphatic carbocycles. The van der Waals surface area contributed by atoms with Gasteiger partial charge in [-0.1, -0.05) is 56.0 Å². The highest BCUT2D eigenvalue weighted by molar-refractivity contribution is 7.89. The van der Waals surface area contributed by atoms with Crippen LogP contribution in [0.3, 0.4) is 0 Å². The van der Waals surface area contributed by atoms with E-state index in [0.29, 0.717) is 5.75 Å². The van der Waals surface area contributed by atoms with E-state index in [1.54, 1.807) is 19.1 Å². The molecule has 1 atom stereocenters. The zero-order valence-corrected chi connectivity index (χ0v) is 18.2. The molecule has 7 heteroatoms. The van der Waals surface area contributed by atoms with Crippen LogP contribution in [0, 0.1) is 0 Å². The second kappa shape index (κ2) is 10.6. The van der Waals surface area contributed by atoms with Crippen molar-refractivity contribution < 1.29 is 17.9 Å². The Morgan fingerprint density at radius 2 is 1.63 bits per heavy atom. The van der Waals surface area contributed by atoms with Crippen molar-refractivity contribution in [3.05, 3.63) is 60.2 Å². The van der Waals surface area contributed by atoms with Gasteiger partial charge in [0.2, 0.25) is 10.0 Å². The molecule has 0 radical (unpaired) electrons. The maximum atomic E-state index is 12.6. The highest BCUT2D eigenvalue weighted by Crippen LogP contribution is 2.20. The van der Waals surface area contributed by atoms with E-state index in [0.717, 1.165) is 31.2 Å². The summed E-state index contributed by atoms with van der Waals surface area (Å²) in [7, 11) is -3.66. The van der Waals surface area contributed by atoms with E-state index in [1.807, 2.05) is 30.3 Å². The van der Waals surface area contributed by atoms with Gasteiger partial charge < -0.3 is 10.1 Å². The number of benzene rings is 2. The summed E-state index contributed by atoms with van der Waals surface area (Å²) < 4.78 is 33.5. The lowest BCUT2D eigenvalue weighted by Gasteiger charge is -2.16. The Labute approximate surface area is 179 Å². The van der Waals surface area contributed by atoms with Crippen molar-refractivity contribution in [2.24, 2.45) is 0 Å². The van der Waals surface area contributed by atoms with Crippen molar-refractivity contribution in [3.8, 4) is 5.75 Å². The van der Waals surface area contributed by atoms with Crippen LogP contribution < -0.4 is 14.8 Å². The molecule has 2 aromatic carbocycles. The van der Waals surface area contributed by atoms with Crippen molar-refractivity contribution in [3.63, 3.8) is 0 Å². The molecular weight excluding hydrogens is 400 g/mol. The normalized spacial score (nSPS) is 16.4. The van der Waals surface area contributed by atoms with E-state index in [9.17, 15) is 13.2 Å². The Balaban J connectivity index is 1.51. The molecule has 0 spiro atoms. The van der Waals surface area contributed by atoms with Gasteiger partial charge in [0.25, 0.3) is 5.91 Å². The minimum absolute atomic E-state index is 0.0775. The molecule has 1 amide bonds. The van der Waals surface area contributed by atoms with Crippen molar-refractivity contribution >= 4 is 15.9 Å². The minimum Gasteiger partial charge on any atom is -0.484 e. The summed E-state index contributed by atoms with van der Waals surface area (Å²) in [5.74, 6) is 0.318. The lowest BCUT2D eigenvalue weighted by molar-refractivity contribution is -0.123. The standard InChI is InChI=1S/C23H30N2O4S/c1-18(19-9-5-4-6-10-19)25-30(27,28)22-15-13-21(14-16-22)29-17-23(26)24-20-11-7-2-3-8-12-20/h4-6,9-10,13-16,18,20,25H,2-3,7-8,11-12,17H2,1H3,(H,24,26). The first-order valence-electron chi connectivity index (χ1n) is 10.5. The van der Waals surface area contributed by atoms with Crippen molar-refractivity contribution in [2.75, 3.05) is 6.61 Å². The second-order valence-corrected chi connectivity index (χ2v) is 9.48. The van der Waals surface area contributed by atoms with Crippen LogP contribution in [0.5, 0.6) is 5.75 Å². The number of carbonyl (C=O) groups is 1. The summed E-state index contributed by atoms with van der Waals surface area (Å²) in [6.07, 6.45) is 6.81. The number of hydrogen-bond acceptors (Lipinski definition) is 4. The number of rotatable bonds is 8. The van der Waals surface area contributed by atoms with E-state index in [4.69, 9.17) is 4.74 Å². The average molecular weight is 431 g/mol. The molecule has 0 saturated heterocycles. The van der Waals surface area contributed by atoms with Gasteiger partial charge in [0.1, 0.15) is 5.75 Å². The molecule has 1 unspecified atom stereocenters. The molecule has 1 saturated carbocycles. The van der Waals surface area contributed by atoms with Crippen LogP contribution in [0.2, 0.25) is 0 Å². The first-order chi connectivity index (χ1) is 14.4. The zero-order chi connectivity index (χ0) is 21.4. The van der Waals surface area contributed by atoms with Crippen molar-refractivity contribution in [2.45, 2.75) is 62.4 Å². The zero-order valence-electron chi connectivity index (χ0n) is 17.3. The molecule has 2 N–H and O–H groups in total. The Morgan fingerprint density at radius 1 is 1.00 bits per heavy atom. The highest BCUT2D eigenvalue weighted by Gasteiger charge is 2.19. The lowest BCUT2D eigenvalue weighted by atomic mass is 10.1. The van der Waals surface area contributed by atoms with E-state index < -0.39 is 10.0 Å². The third-order valence-electron chi connectivity index (χ3n) is 5.36. The minimum atomic E-state index is -3.66. The van der Waals surface area contributed by atoms with Gasteiger partial charge in [0.05, 0.1) is 4.90 Å². The molecular formula is C23H30N2O4S. The fraction of sp³-hybridized carbons (Fsp3) is 0.435. The quantitative estimate of drug-likeness (QED) is 0.621. The molecule has 1 aliphatic rings. The molecule has 0 aliphatic heterocycles. The molecule has 0 aromatic heterocycles. The number of carbonyl (C=O) groups excluding carboxylic acids is 1. The van der Waals surface area contributed by atoms with Crippen LogP contribution in [0.4, 0.5) is 0 Å². The monoisotopic (exact) mass is 430 g/mol. The second-order valence-electron chi connectivity index (χ2n) is 7.77. The molecule has 2 aromatic rings. The van der Waals surface area contributed by atoms with E-state index in [-0.39, 0.29) is 29.5 Å². The van der Waals surface area contributed by atoms with Crippen LogP contribution in [0.1, 0.15) is 57.1 Å². The van der Waals surface area contributed by atoms with E-state index in [2.05, 4.69) is 10.0 Å². The highest BCUT2D eigenvalue weighted by atomic mass is 32.2. The SMILES string of the molecule is CC(NS(=O)(=O)c1ccc(OCC(=O)NC2CCCCCC2)cc1)c1ccccc1. The Morgan fingerprint density at radius 3 is 2.27 bits per heavy atom. The Kier molecular flexibility index (Phi) is 7.87. The van der Waals surface area contributed by atoms with Crippen LogP contribution >= 0.6 is 0 Å². The van der Waals surface area contributed by atoms with Gasteiger partial charge in [-0.25, -0.2) is 13.1 Å². The molecule has 1 fully saturated rings. The molecule has 162 valence electrons. The van der Waals surface area contributed by atoms with Gasteiger partial charge in [0.15, 0.2) is 6.61 Å². The van der Waals surface area contributed by atoms with E-state index in [1.165, 1.54) is 25.0 Å². The van der Waals surface area contributed by atoms with E-state index >= 15 is 0 Å². The van der Waals surface area contributed by atoms with Gasteiger partial charge >= 0.3 is 0 Å². The number of sulfonamides is 1. The number of hydrogen-bond donors (Lipinski definition) is 2. The molecule has 0 bridgehead atoms. The molecule has 30 heavy (non-hydrogen) atoms. The van der Waals surface area contributed by atoms with Crippen molar-refractivity contribution in [1.29, 1.82) is 0 Å². The fourth-order valence-corrected chi connectivity index (χ4v) is 4.90. The first kappa shape index (κ1) is 22.3. The maximum absolute atomic E-state index is 12.6. The summed E-state index contributed by atoms with van der Waals surface area (Å²) in [6, 6.07) is 15.4. The van der Waals surface area contributed by atoms with Gasteiger partial charge in [-0.05, 0) is 49.6 Å². The van der Waals surface area contributed by atoms with Gasteiger partial charge in [-0.3, -0.25) is 4.79 Å². The number of ether oxygens (including phenoxy) is 1. The summed E-state index contributed by atoms with van der Waals surface area (Å²) in [5.41, 5.74) is 0.890. The van der Waals surface area contributed by atoms with Gasteiger partial charge in [-0.2, -0.15) is 0 Å². The van der Waals surface area contributed by atoms with Crippen LogP contribution in [-0.4, -0.2) is 27.0 Å². The van der Waals surface area contributed by atoms with Gasteiger partial charge in [-0.15, -0.1) is 0 Å². The number of nitrogens with one attached hydrogen (secondary N) is 2. The fourth-order valence-electron chi connectivity index (χ4n) is 3.67. The van der Waals surface area contributed by atoms with Crippen molar-refractivity contribution in [1.82, 2.24) is 10.0 Å². The first-order valence-corrected chi connectivity index (χ1v) is 12.0. The largest absolute Gasteiger partial charge is 0.484 e. The predicted molar refractivity (Wildman–Crippen MR) is 117 cm³/mol. The topological polar surface area (TPSA) is 84.5 Å². The van der Waals surface area contributed by atoms with Gasteiger partial charge in [0, 0.05) is 12.1 Å². The summed E-state index contributed by atoms with van der Waals surface area (Å²) >= 11 is 0. The van der Waals surface area contributed by atoms with Crippen LogP contribution in [0.15, 0.2) is 59.5 Å². The smallest absolute Gasteiger partial charge is 0.258 e. The summed E-state index contributed by atoms with van der Waals surface area (Å²) in [6.45, 7) is 1.73. The Bertz CT molecular complexity index is 906. The summed E-state index contributed by atoms with van der Waals surface area (Å²) in [5, 5.41) is 3.03. The molecule has 0 heterocycles. The lowest BCUT2D eigenvalue weighted by Crippen LogP contribution is -2.37. The molecule has 6 nitrogen and oxygen atoms in total.